The maximum absolute atomic E-state index is 11.5. The number of hydrogen-bond donors (Lipinski definition) is 1. The molecule has 0 amide bonds. The lowest BCUT2D eigenvalue weighted by Gasteiger charge is -2.16. The summed E-state index contributed by atoms with van der Waals surface area (Å²) in [5.41, 5.74) is 2.25. The first-order chi connectivity index (χ1) is 13.0. The van der Waals surface area contributed by atoms with Gasteiger partial charge in [0.1, 0.15) is 5.01 Å². The summed E-state index contributed by atoms with van der Waals surface area (Å²) in [5, 5.41) is 10.1. The molecule has 3 aromatic rings. The van der Waals surface area contributed by atoms with E-state index in [1.165, 1.54) is 11.3 Å². The number of rotatable bonds is 7. The second-order valence-electron chi connectivity index (χ2n) is 6.27. The van der Waals surface area contributed by atoms with Gasteiger partial charge in [0.2, 0.25) is 0 Å². The average molecular weight is 383 g/mol. The van der Waals surface area contributed by atoms with Crippen LogP contribution in [0.5, 0.6) is 11.5 Å². The largest absolute Gasteiger partial charge is 0.493 e. The van der Waals surface area contributed by atoms with Crippen LogP contribution in [0, 0.1) is 0 Å². The van der Waals surface area contributed by atoms with Crippen LogP contribution >= 0.6 is 11.3 Å². The predicted octanol–water partition coefficient (Wildman–Crippen LogP) is 5.11. The summed E-state index contributed by atoms with van der Waals surface area (Å²) in [6, 6.07) is 13.3. The fraction of sp³-hybridized carbons (Fsp3) is 0.238. The standard InChI is InChI=1S/C21H21NO4S/c1-13(2)26-20-14(7-6-9-17(20)25-3)11-15(12-19(23)24)21-22-16-8-4-5-10-18(16)27-21/h4-11,13H,12H2,1-3H3,(H,23,24)/b15-11-. The summed E-state index contributed by atoms with van der Waals surface area (Å²) >= 11 is 1.48. The molecule has 140 valence electrons. The van der Waals surface area contributed by atoms with Crippen molar-refractivity contribution < 1.29 is 19.4 Å². The molecule has 3 rings (SSSR count). The maximum Gasteiger partial charge on any atom is 0.307 e. The molecule has 6 heteroatoms. The normalized spacial score (nSPS) is 11.8. The van der Waals surface area contributed by atoms with Crippen molar-refractivity contribution in [2.24, 2.45) is 0 Å². The van der Waals surface area contributed by atoms with Crippen LogP contribution in [0.25, 0.3) is 21.9 Å². The van der Waals surface area contributed by atoms with E-state index in [0.717, 1.165) is 15.8 Å². The Bertz CT molecular complexity index is 958. The zero-order valence-electron chi connectivity index (χ0n) is 15.4. The van der Waals surface area contributed by atoms with Gasteiger partial charge in [-0.05, 0) is 43.7 Å². The highest BCUT2D eigenvalue weighted by atomic mass is 32.1. The Hall–Kier alpha value is -2.86. The van der Waals surface area contributed by atoms with Crippen LogP contribution in [0.4, 0.5) is 0 Å². The van der Waals surface area contributed by atoms with Gasteiger partial charge < -0.3 is 14.6 Å². The average Bonchev–Trinajstić information content (AvgIpc) is 3.06. The number of thiazole rings is 1. The van der Waals surface area contributed by atoms with Gasteiger partial charge in [-0.3, -0.25) is 4.79 Å². The number of hydrogen-bond acceptors (Lipinski definition) is 5. The van der Waals surface area contributed by atoms with E-state index in [0.29, 0.717) is 22.1 Å². The van der Waals surface area contributed by atoms with Crippen LogP contribution in [0.3, 0.4) is 0 Å². The molecular formula is C21H21NO4S. The topological polar surface area (TPSA) is 68.7 Å². The lowest BCUT2D eigenvalue weighted by molar-refractivity contribution is -0.135. The molecule has 0 saturated carbocycles. The van der Waals surface area contributed by atoms with Gasteiger partial charge in [0.05, 0.1) is 29.9 Å². The number of aromatic nitrogens is 1. The molecule has 5 nitrogen and oxygen atoms in total. The first-order valence-corrected chi connectivity index (χ1v) is 9.41. The molecule has 2 aromatic carbocycles. The lowest BCUT2D eigenvalue weighted by Crippen LogP contribution is -2.08. The monoisotopic (exact) mass is 383 g/mol. The number of carboxylic acid groups (broad SMARTS) is 1. The molecule has 0 bridgehead atoms. The third kappa shape index (κ3) is 4.46. The number of carbonyl (C=O) groups is 1. The molecule has 0 radical (unpaired) electrons. The fourth-order valence-electron chi connectivity index (χ4n) is 2.72. The van der Waals surface area contributed by atoms with Crippen molar-refractivity contribution in [2.45, 2.75) is 26.4 Å². The zero-order chi connectivity index (χ0) is 19.4. The smallest absolute Gasteiger partial charge is 0.307 e. The number of para-hydroxylation sites is 2. The fourth-order valence-corrected chi connectivity index (χ4v) is 3.70. The molecule has 0 aliphatic rings. The molecule has 0 spiro atoms. The molecule has 0 saturated heterocycles. The molecule has 0 fully saturated rings. The zero-order valence-corrected chi connectivity index (χ0v) is 16.2. The summed E-state index contributed by atoms with van der Waals surface area (Å²) in [4.78, 5) is 16.1. The molecule has 0 aliphatic carbocycles. The van der Waals surface area contributed by atoms with Crippen LogP contribution in [0.15, 0.2) is 42.5 Å². The van der Waals surface area contributed by atoms with Crippen molar-refractivity contribution >= 4 is 39.2 Å². The Morgan fingerprint density at radius 1 is 1.22 bits per heavy atom. The number of carboxylic acids is 1. The van der Waals surface area contributed by atoms with E-state index < -0.39 is 5.97 Å². The number of methoxy groups -OCH3 is 1. The number of benzene rings is 2. The molecule has 27 heavy (non-hydrogen) atoms. The first-order valence-electron chi connectivity index (χ1n) is 8.60. The van der Waals surface area contributed by atoms with Crippen molar-refractivity contribution in [3.8, 4) is 11.5 Å². The van der Waals surface area contributed by atoms with Crippen molar-refractivity contribution in [3.05, 3.63) is 53.0 Å². The van der Waals surface area contributed by atoms with Crippen molar-refractivity contribution in [2.75, 3.05) is 7.11 Å². The van der Waals surface area contributed by atoms with E-state index in [1.54, 1.807) is 7.11 Å². The van der Waals surface area contributed by atoms with Gasteiger partial charge in [0, 0.05) is 5.56 Å². The van der Waals surface area contributed by atoms with E-state index in [-0.39, 0.29) is 12.5 Å². The number of fused-ring (bicyclic) bond motifs is 1. The van der Waals surface area contributed by atoms with Gasteiger partial charge in [0.25, 0.3) is 0 Å². The molecule has 1 N–H and O–H groups in total. The van der Waals surface area contributed by atoms with Crippen molar-refractivity contribution in [3.63, 3.8) is 0 Å². The SMILES string of the molecule is COc1cccc(/C=C(/CC(=O)O)c2nc3ccccc3s2)c1OC(C)C. The van der Waals surface area contributed by atoms with E-state index in [9.17, 15) is 9.90 Å². The van der Waals surface area contributed by atoms with Crippen molar-refractivity contribution in [1.29, 1.82) is 0 Å². The molecule has 0 unspecified atom stereocenters. The summed E-state index contributed by atoms with van der Waals surface area (Å²) in [7, 11) is 1.59. The van der Waals surface area contributed by atoms with E-state index in [4.69, 9.17) is 9.47 Å². The minimum Gasteiger partial charge on any atom is -0.493 e. The Labute approximate surface area is 161 Å². The van der Waals surface area contributed by atoms with Crippen LogP contribution in [0.1, 0.15) is 30.8 Å². The number of nitrogens with zero attached hydrogens (tertiary/aromatic N) is 1. The van der Waals surface area contributed by atoms with E-state index in [1.807, 2.05) is 62.4 Å². The Balaban J connectivity index is 2.12. The molecular weight excluding hydrogens is 362 g/mol. The summed E-state index contributed by atoms with van der Waals surface area (Å²) in [5.74, 6) is 0.296. The Morgan fingerprint density at radius 3 is 2.67 bits per heavy atom. The highest BCUT2D eigenvalue weighted by Crippen LogP contribution is 2.36. The third-order valence-corrected chi connectivity index (χ3v) is 4.93. The Morgan fingerprint density at radius 2 is 2.00 bits per heavy atom. The molecule has 1 heterocycles. The quantitative estimate of drug-likeness (QED) is 0.614. The van der Waals surface area contributed by atoms with Gasteiger partial charge in [-0.15, -0.1) is 11.3 Å². The number of aliphatic carboxylic acids is 1. The van der Waals surface area contributed by atoms with Gasteiger partial charge in [-0.25, -0.2) is 4.98 Å². The third-order valence-electron chi connectivity index (χ3n) is 3.82. The van der Waals surface area contributed by atoms with E-state index >= 15 is 0 Å². The second-order valence-corrected chi connectivity index (χ2v) is 7.30. The number of ether oxygens (including phenoxy) is 2. The van der Waals surface area contributed by atoms with Gasteiger partial charge in [-0.2, -0.15) is 0 Å². The summed E-state index contributed by atoms with van der Waals surface area (Å²) in [6.45, 7) is 3.87. The molecule has 0 aliphatic heterocycles. The second kappa shape index (κ2) is 8.22. The summed E-state index contributed by atoms with van der Waals surface area (Å²) in [6.07, 6.45) is 1.66. The maximum atomic E-state index is 11.5. The molecule has 0 atom stereocenters. The van der Waals surface area contributed by atoms with Gasteiger partial charge in [-0.1, -0.05) is 24.3 Å². The van der Waals surface area contributed by atoms with Crippen molar-refractivity contribution in [1.82, 2.24) is 4.98 Å². The minimum atomic E-state index is -0.908. The van der Waals surface area contributed by atoms with Gasteiger partial charge in [0.15, 0.2) is 11.5 Å². The highest BCUT2D eigenvalue weighted by Gasteiger charge is 2.16. The van der Waals surface area contributed by atoms with Crippen LogP contribution in [-0.4, -0.2) is 29.3 Å². The molecule has 1 aromatic heterocycles. The van der Waals surface area contributed by atoms with Crippen LogP contribution < -0.4 is 9.47 Å². The lowest BCUT2D eigenvalue weighted by atomic mass is 10.1. The highest BCUT2D eigenvalue weighted by molar-refractivity contribution is 7.19. The predicted molar refractivity (Wildman–Crippen MR) is 109 cm³/mol. The summed E-state index contributed by atoms with van der Waals surface area (Å²) < 4.78 is 12.4. The van der Waals surface area contributed by atoms with Crippen LogP contribution in [-0.2, 0) is 4.79 Å². The van der Waals surface area contributed by atoms with E-state index in [2.05, 4.69) is 4.98 Å². The first kappa shape index (κ1) is 18.9. The van der Waals surface area contributed by atoms with Gasteiger partial charge >= 0.3 is 5.97 Å². The Kier molecular flexibility index (Phi) is 5.76. The minimum absolute atomic E-state index is 0.0428. The van der Waals surface area contributed by atoms with Crippen LogP contribution in [0.2, 0.25) is 0 Å².